The van der Waals surface area contributed by atoms with E-state index >= 15 is 0 Å². The molecule has 4 amide bonds. The van der Waals surface area contributed by atoms with Gasteiger partial charge in [0.15, 0.2) is 11.5 Å². The van der Waals surface area contributed by atoms with E-state index in [9.17, 15) is 14.4 Å². The number of methoxy groups -OCH3 is 2. The van der Waals surface area contributed by atoms with Crippen LogP contribution in [0.25, 0.3) is 10.8 Å². The Labute approximate surface area is 191 Å². The molecule has 0 aliphatic carbocycles. The highest BCUT2D eigenvalue weighted by Crippen LogP contribution is 2.33. The highest BCUT2D eigenvalue weighted by molar-refractivity contribution is 6.10. The zero-order chi connectivity index (χ0) is 23.8. The smallest absolute Gasteiger partial charge is 0.325 e. The van der Waals surface area contributed by atoms with Crippen molar-refractivity contribution in [3.63, 3.8) is 0 Å². The predicted molar refractivity (Wildman–Crippen MR) is 125 cm³/mol. The van der Waals surface area contributed by atoms with Crippen LogP contribution in [0.2, 0.25) is 0 Å². The van der Waals surface area contributed by atoms with Gasteiger partial charge in [0.1, 0.15) is 12.1 Å². The SMILES string of the molecule is COc1ccc(N(C)C(=O)CN2C(=O)NC(C)(c3ccc4ccccc4c3)C2=O)cc1OC. The zero-order valence-electron chi connectivity index (χ0n) is 18.9. The third kappa shape index (κ3) is 3.84. The van der Waals surface area contributed by atoms with Crippen LogP contribution < -0.4 is 19.7 Å². The van der Waals surface area contributed by atoms with Gasteiger partial charge in [0, 0.05) is 18.8 Å². The maximum absolute atomic E-state index is 13.3. The Morgan fingerprint density at radius 1 is 0.970 bits per heavy atom. The van der Waals surface area contributed by atoms with Gasteiger partial charge in [0.2, 0.25) is 5.91 Å². The Balaban J connectivity index is 1.55. The normalized spacial score (nSPS) is 17.8. The van der Waals surface area contributed by atoms with Crippen LogP contribution in [0.1, 0.15) is 12.5 Å². The molecule has 8 heteroatoms. The van der Waals surface area contributed by atoms with Crippen molar-refractivity contribution in [3.05, 3.63) is 66.2 Å². The van der Waals surface area contributed by atoms with Crippen LogP contribution in [0.15, 0.2) is 60.7 Å². The summed E-state index contributed by atoms with van der Waals surface area (Å²) in [7, 11) is 4.60. The topological polar surface area (TPSA) is 88.2 Å². The molecule has 0 aromatic heterocycles. The monoisotopic (exact) mass is 447 g/mol. The number of ether oxygens (including phenoxy) is 2. The van der Waals surface area contributed by atoms with Gasteiger partial charge >= 0.3 is 6.03 Å². The van der Waals surface area contributed by atoms with E-state index in [0.717, 1.165) is 15.7 Å². The number of carbonyl (C=O) groups is 3. The standard InChI is InChI=1S/C25H25N3O5/c1-25(18-10-9-16-7-5-6-8-17(16)13-18)23(30)28(24(31)26-25)15-22(29)27(2)19-11-12-20(32-3)21(14-19)33-4/h5-14H,15H2,1-4H3,(H,26,31). The summed E-state index contributed by atoms with van der Waals surface area (Å²) in [4.78, 5) is 41.3. The fraction of sp³-hybridized carbons (Fsp3) is 0.240. The molecule has 4 rings (SSSR count). The molecule has 0 saturated carbocycles. The summed E-state index contributed by atoms with van der Waals surface area (Å²) in [5.74, 6) is 0.0983. The van der Waals surface area contributed by atoms with Crippen molar-refractivity contribution in [2.75, 3.05) is 32.7 Å². The van der Waals surface area contributed by atoms with Gasteiger partial charge in [-0.05, 0) is 41.5 Å². The van der Waals surface area contributed by atoms with Crippen molar-refractivity contribution in [2.45, 2.75) is 12.5 Å². The van der Waals surface area contributed by atoms with Crippen LogP contribution in [0, 0.1) is 0 Å². The number of nitrogens with zero attached hydrogens (tertiary/aromatic N) is 2. The number of hydrogen-bond acceptors (Lipinski definition) is 5. The number of imide groups is 1. The highest BCUT2D eigenvalue weighted by atomic mass is 16.5. The third-order valence-corrected chi connectivity index (χ3v) is 6.02. The van der Waals surface area contributed by atoms with Gasteiger partial charge < -0.3 is 19.7 Å². The minimum absolute atomic E-state index is 0.390. The number of benzene rings is 3. The average molecular weight is 447 g/mol. The molecular weight excluding hydrogens is 422 g/mol. The summed E-state index contributed by atoms with van der Waals surface area (Å²) in [6.45, 7) is 1.26. The Morgan fingerprint density at radius 2 is 1.67 bits per heavy atom. The van der Waals surface area contributed by atoms with Gasteiger partial charge in [-0.25, -0.2) is 4.79 Å². The van der Waals surface area contributed by atoms with E-state index in [-0.39, 0.29) is 0 Å². The second kappa shape index (κ2) is 8.46. The molecule has 1 fully saturated rings. The quantitative estimate of drug-likeness (QED) is 0.586. The van der Waals surface area contributed by atoms with Crippen LogP contribution >= 0.6 is 0 Å². The maximum Gasteiger partial charge on any atom is 0.325 e. The lowest BCUT2D eigenvalue weighted by Crippen LogP contribution is -2.43. The number of amides is 4. The van der Waals surface area contributed by atoms with Crippen LogP contribution in [0.3, 0.4) is 0 Å². The maximum atomic E-state index is 13.3. The Morgan fingerprint density at radius 3 is 2.36 bits per heavy atom. The van der Waals surface area contributed by atoms with Crippen LogP contribution in [-0.4, -0.2) is 50.6 Å². The lowest BCUT2D eigenvalue weighted by Gasteiger charge is -2.24. The molecule has 3 aromatic rings. The second-order valence-electron chi connectivity index (χ2n) is 8.00. The molecule has 1 heterocycles. The molecule has 1 atom stereocenters. The molecule has 170 valence electrons. The lowest BCUT2D eigenvalue weighted by molar-refractivity contribution is -0.134. The van der Waals surface area contributed by atoms with Crippen LogP contribution in [0.4, 0.5) is 10.5 Å². The molecule has 0 spiro atoms. The van der Waals surface area contributed by atoms with E-state index in [2.05, 4.69) is 5.32 Å². The van der Waals surface area contributed by atoms with Gasteiger partial charge in [-0.3, -0.25) is 14.5 Å². The van der Waals surface area contributed by atoms with Gasteiger partial charge in [0.05, 0.1) is 14.2 Å². The summed E-state index contributed by atoms with van der Waals surface area (Å²) in [6, 6.07) is 17.8. The molecular formula is C25H25N3O5. The van der Waals surface area contributed by atoms with E-state index in [1.807, 2.05) is 42.5 Å². The number of likely N-dealkylation sites (N-methyl/N-ethyl adjacent to an activating group) is 1. The van der Waals surface area contributed by atoms with E-state index < -0.39 is 29.9 Å². The van der Waals surface area contributed by atoms with Crippen molar-refractivity contribution in [2.24, 2.45) is 0 Å². The van der Waals surface area contributed by atoms with Gasteiger partial charge in [-0.15, -0.1) is 0 Å². The minimum atomic E-state index is -1.26. The van der Waals surface area contributed by atoms with Crippen molar-refractivity contribution in [1.29, 1.82) is 0 Å². The highest BCUT2D eigenvalue weighted by Gasteiger charge is 2.49. The number of rotatable bonds is 6. The molecule has 0 bridgehead atoms. The molecule has 33 heavy (non-hydrogen) atoms. The van der Waals surface area contributed by atoms with Crippen molar-refractivity contribution in [1.82, 2.24) is 10.2 Å². The predicted octanol–water partition coefficient (Wildman–Crippen LogP) is 3.29. The molecule has 8 nitrogen and oxygen atoms in total. The van der Waals surface area contributed by atoms with Crippen molar-refractivity contribution >= 4 is 34.3 Å². The molecule has 1 N–H and O–H groups in total. The zero-order valence-corrected chi connectivity index (χ0v) is 18.9. The fourth-order valence-electron chi connectivity index (χ4n) is 3.96. The first-order chi connectivity index (χ1) is 15.8. The Bertz CT molecular complexity index is 1260. The Hall–Kier alpha value is -4.07. The van der Waals surface area contributed by atoms with Crippen molar-refractivity contribution < 1.29 is 23.9 Å². The minimum Gasteiger partial charge on any atom is -0.493 e. The first-order valence-electron chi connectivity index (χ1n) is 10.4. The van der Waals surface area contributed by atoms with Crippen LogP contribution in [0.5, 0.6) is 11.5 Å². The summed E-state index contributed by atoms with van der Waals surface area (Å²) in [6.07, 6.45) is 0. The average Bonchev–Trinajstić information content (AvgIpc) is 3.06. The molecule has 1 unspecified atom stereocenters. The summed E-state index contributed by atoms with van der Waals surface area (Å²) in [5, 5.41) is 4.75. The first kappa shape index (κ1) is 22.1. The molecule has 1 saturated heterocycles. The van der Waals surface area contributed by atoms with E-state index in [4.69, 9.17) is 9.47 Å². The molecule has 1 aliphatic rings. The molecule has 1 aliphatic heterocycles. The number of anilines is 1. The van der Waals surface area contributed by atoms with E-state index in [0.29, 0.717) is 22.7 Å². The summed E-state index contributed by atoms with van der Waals surface area (Å²) >= 11 is 0. The molecule has 3 aromatic carbocycles. The third-order valence-electron chi connectivity index (χ3n) is 6.02. The van der Waals surface area contributed by atoms with Crippen molar-refractivity contribution in [3.8, 4) is 11.5 Å². The van der Waals surface area contributed by atoms with Gasteiger partial charge in [0.25, 0.3) is 5.91 Å². The lowest BCUT2D eigenvalue weighted by atomic mass is 9.90. The number of urea groups is 1. The summed E-state index contributed by atoms with van der Waals surface area (Å²) < 4.78 is 10.5. The van der Waals surface area contributed by atoms with E-state index in [1.54, 1.807) is 32.2 Å². The van der Waals surface area contributed by atoms with E-state index in [1.165, 1.54) is 19.1 Å². The fourth-order valence-corrected chi connectivity index (χ4v) is 3.96. The summed E-state index contributed by atoms with van der Waals surface area (Å²) in [5.41, 5.74) is -0.0618. The second-order valence-corrected chi connectivity index (χ2v) is 8.00. The van der Waals surface area contributed by atoms with Crippen LogP contribution in [-0.2, 0) is 15.1 Å². The molecule has 0 radical (unpaired) electrons. The Kier molecular flexibility index (Phi) is 5.68. The number of carbonyl (C=O) groups excluding carboxylic acids is 3. The number of fused-ring (bicyclic) bond motifs is 1. The number of nitrogens with one attached hydrogen (secondary N) is 1. The van der Waals surface area contributed by atoms with Gasteiger partial charge in [-0.1, -0.05) is 36.4 Å². The first-order valence-corrected chi connectivity index (χ1v) is 10.4. The largest absolute Gasteiger partial charge is 0.493 e. The van der Waals surface area contributed by atoms with Gasteiger partial charge in [-0.2, -0.15) is 0 Å². The number of hydrogen-bond donors (Lipinski definition) is 1.